The SMILES string of the molecule is COCCNC(=O)C(C)N[C@H]1CCC[C@@H]1O. The molecule has 1 saturated carbocycles. The molecule has 0 aromatic heterocycles. The van der Waals surface area contributed by atoms with Crippen molar-refractivity contribution in [2.45, 2.75) is 44.4 Å². The van der Waals surface area contributed by atoms with E-state index in [9.17, 15) is 9.90 Å². The van der Waals surface area contributed by atoms with E-state index in [1.807, 2.05) is 6.92 Å². The summed E-state index contributed by atoms with van der Waals surface area (Å²) in [6.45, 7) is 2.85. The summed E-state index contributed by atoms with van der Waals surface area (Å²) in [4.78, 5) is 11.6. The molecule has 94 valence electrons. The lowest BCUT2D eigenvalue weighted by Crippen LogP contribution is -2.49. The lowest BCUT2D eigenvalue weighted by atomic mass is 10.2. The number of nitrogens with one attached hydrogen (secondary N) is 2. The van der Waals surface area contributed by atoms with Gasteiger partial charge in [-0.25, -0.2) is 0 Å². The van der Waals surface area contributed by atoms with Gasteiger partial charge in [0, 0.05) is 19.7 Å². The molecule has 1 aliphatic rings. The first-order valence-electron chi connectivity index (χ1n) is 5.86. The number of hydrogen-bond acceptors (Lipinski definition) is 4. The Kier molecular flexibility index (Phi) is 5.73. The van der Waals surface area contributed by atoms with Gasteiger partial charge < -0.3 is 20.5 Å². The highest BCUT2D eigenvalue weighted by Gasteiger charge is 2.27. The van der Waals surface area contributed by atoms with Crippen LogP contribution in [0.5, 0.6) is 0 Å². The largest absolute Gasteiger partial charge is 0.392 e. The van der Waals surface area contributed by atoms with Crippen LogP contribution in [0.15, 0.2) is 0 Å². The summed E-state index contributed by atoms with van der Waals surface area (Å²) >= 11 is 0. The van der Waals surface area contributed by atoms with Gasteiger partial charge in [-0.05, 0) is 26.2 Å². The molecule has 0 aromatic carbocycles. The maximum atomic E-state index is 11.6. The molecule has 0 bridgehead atoms. The average molecular weight is 230 g/mol. The topological polar surface area (TPSA) is 70.6 Å². The number of ether oxygens (including phenoxy) is 1. The Morgan fingerprint density at radius 2 is 2.31 bits per heavy atom. The van der Waals surface area contributed by atoms with Crippen molar-refractivity contribution in [1.29, 1.82) is 0 Å². The Labute approximate surface area is 96.6 Å². The highest BCUT2D eigenvalue weighted by molar-refractivity contribution is 5.81. The summed E-state index contributed by atoms with van der Waals surface area (Å²) in [7, 11) is 1.60. The highest BCUT2D eigenvalue weighted by Crippen LogP contribution is 2.19. The van der Waals surface area contributed by atoms with Crippen LogP contribution in [0.1, 0.15) is 26.2 Å². The van der Waals surface area contributed by atoms with Crippen molar-refractivity contribution in [2.75, 3.05) is 20.3 Å². The second-order valence-corrected chi connectivity index (χ2v) is 4.28. The molecule has 1 rings (SSSR count). The molecule has 1 amide bonds. The zero-order valence-corrected chi connectivity index (χ0v) is 10.0. The second kappa shape index (κ2) is 6.83. The Morgan fingerprint density at radius 3 is 2.88 bits per heavy atom. The molecule has 0 aromatic rings. The number of aliphatic hydroxyl groups excluding tert-OH is 1. The van der Waals surface area contributed by atoms with E-state index in [1.54, 1.807) is 7.11 Å². The number of methoxy groups -OCH3 is 1. The molecule has 3 atom stereocenters. The lowest BCUT2D eigenvalue weighted by Gasteiger charge is -2.21. The average Bonchev–Trinajstić information content (AvgIpc) is 2.64. The zero-order valence-electron chi connectivity index (χ0n) is 10.0. The fraction of sp³-hybridized carbons (Fsp3) is 0.909. The van der Waals surface area contributed by atoms with Gasteiger partial charge in [0.15, 0.2) is 0 Å². The molecular formula is C11H22N2O3. The maximum absolute atomic E-state index is 11.6. The van der Waals surface area contributed by atoms with Gasteiger partial charge in [0.2, 0.25) is 5.91 Å². The molecule has 1 aliphatic carbocycles. The van der Waals surface area contributed by atoms with Gasteiger partial charge in [0.1, 0.15) is 0 Å². The molecular weight excluding hydrogens is 208 g/mol. The monoisotopic (exact) mass is 230 g/mol. The van der Waals surface area contributed by atoms with Crippen molar-refractivity contribution in [2.24, 2.45) is 0 Å². The summed E-state index contributed by atoms with van der Waals surface area (Å²) in [5.74, 6) is -0.0452. The van der Waals surface area contributed by atoms with Crippen LogP contribution in [0.4, 0.5) is 0 Å². The second-order valence-electron chi connectivity index (χ2n) is 4.28. The molecule has 0 saturated heterocycles. The van der Waals surface area contributed by atoms with Crippen LogP contribution in [0.25, 0.3) is 0 Å². The Bertz CT molecular complexity index is 223. The Morgan fingerprint density at radius 1 is 1.56 bits per heavy atom. The van der Waals surface area contributed by atoms with Crippen LogP contribution in [0.2, 0.25) is 0 Å². The first-order valence-corrected chi connectivity index (χ1v) is 5.86. The van der Waals surface area contributed by atoms with Crippen molar-refractivity contribution in [1.82, 2.24) is 10.6 Å². The highest BCUT2D eigenvalue weighted by atomic mass is 16.5. The maximum Gasteiger partial charge on any atom is 0.236 e. The van der Waals surface area contributed by atoms with Crippen LogP contribution in [0.3, 0.4) is 0 Å². The quantitative estimate of drug-likeness (QED) is 0.545. The van der Waals surface area contributed by atoms with Crippen LogP contribution < -0.4 is 10.6 Å². The van der Waals surface area contributed by atoms with E-state index in [0.717, 1.165) is 19.3 Å². The van der Waals surface area contributed by atoms with Crippen LogP contribution >= 0.6 is 0 Å². The van der Waals surface area contributed by atoms with E-state index in [0.29, 0.717) is 13.2 Å². The number of hydrogen-bond donors (Lipinski definition) is 3. The molecule has 0 radical (unpaired) electrons. The molecule has 5 nitrogen and oxygen atoms in total. The number of rotatable bonds is 6. The minimum absolute atomic E-state index is 0.0452. The molecule has 3 N–H and O–H groups in total. The third-order valence-corrected chi connectivity index (χ3v) is 2.94. The molecule has 1 fully saturated rings. The van der Waals surface area contributed by atoms with Crippen LogP contribution in [-0.2, 0) is 9.53 Å². The third-order valence-electron chi connectivity index (χ3n) is 2.94. The summed E-state index contributed by atoms with van der Waals surface area (Å²) < 4.78 is 4.85. The molecule has 16 heavy (non-hydrogen) atoms. The number of carbonyl (C=O) groups is 1. The summed E-state index contributed by atoms with van der Waals surface area (Å²) in [5, 5.41) is 15.5. The van der Waals surface area contributed by atoms with Gasteiger partial charge in [-0.2, -0.15) is 0 Å². The first kappa shape index (κ1) is 13.4. The standard InChI is InChI=1S/C11H22N2O3/c1-8(11(15)12-6-7-16-2)13-9-4-3-5-10(9)14/h8-10,13-14H,3-7H2,1-2H3,(H,12,15)/t8?,9-,10-/m0/s1. The van der Waals surface area contributed by atoms with Crippen LogP contribution in [0, 0.1) is 0 Å². The fourth-order valence-electron chi connectivity index (χ4n) is 1.96. The van der Waals surface area contributed by atoms with E-state index in [1.165, 1.54) is 0 Å². The summed E-state index contributed by atoms with van der Waals surface area (Å²) in [6, 6.07) is -0.210. The first-order chi connectivity index (χ1) is 7.65. The van der Waals surface area contributed by atoms with Crippen molar-refractivity contribution in [3.63, 3.8) is 0 Å². The Hall–Kier alpha value is -0.650. The summed E-state index contributed by atoms with van der Waals surface area (Å²) in [5.41, 5.74) is 0. The number of carbonyl (C=O) groups excluding carboxylic acids is 1. The van der Waals surface area contributed by atoms with E-state index < -0.39 is 0 Å². The van der Waals surface area contributed by atoms with E-state index in [-0.39, 0.29) is 24.1 Å². The smallest absolute Gasteiger partial charge is 0.236 e. The molecule has 0 spiro atoms. The van der Waals surface area contributed by atoms with Crippen molar-refractivity contribution in [3.05, 3.63) is 0 Å². The minimum Gasteiger partial charge on any atom is -0.392 e. The van der Waals surface area contributed by atoms with Crippen molar-refractivity contribution < 1.29 is 14.6 Å². The number of amides is 1. The van der Waals surface area contributed by atoms with E-state index >= 15 is 0 Å². The van der Waals surface area contributed by atoms with Crippen molar-refractivity contribution in [3.8, 4) is 0 Å². The lowest BCUT2D eigenvalue weighted by molar-refractivity contribution is -0.123. The van der Waals surface area contributed by atoms with Gasteiger partial charge in [0.25, 0.3) is 0 Å². The molecule has 0 aliphatic heterocycles. The predicted octanol–water partition coefficient (Wildman–Crippen LogP) is -0.359. The summed E-state index contributed by atoms with van der Waals surface area (Å²) in [6.07, 6.45) is 2.48. The predicted molar refractivity (Wildman–Crippen MR) is 61.1 cm³/mol. The minimum atomic E-state index is -0.311. The molecule has 5 heteroatoms. The van der Waals surface area contributed by atoms with Gasteiger partial charge in [-0.1, -0.05) is 0 Å². The number of aliphatic hydroxyl groups is 1. The normalized spacial score (nSPS) is 26.7. The third kappa shape index (κ3) is 4.08. The van der Waals surface area contributed by atoms with E-state index in [2.05, 4.69) is 10.6 Å². The fourth-order valence-corrected chi connectivity index (χ4v) is 1.96. The van der Waals surface area contributed by atoms with Crippen molar-refractivity contribution >= 4 is 5.91 Å². The van der Waals surface area contributed by atoms with Gasteiger partial charge in [0.05, 0.1) is 18.8 Å². The zero-order chi connectivity index (χ0) is 12.0. The van der Waals surface area contributed by atoms with Gasteiger partial charge in [-0.15, -0.1) is 0 Å². The van der Waals surface area contributed by atoms with Gasteiger partial charge in [-0.3, -0.25) is 4.79 Å². The van der Waals surface area contributed by atoms with E-state index in [4.69, 9.17) is 4.74 Å². The molecule has 1 unspecified atom stereocenters. The van der Waals surface area contributed by atoms with Crippen LogP contribution in [-0.4, -0.2) is 49.5 Å². The molecule has 0 heterocycles. The Balaban J connectivity index is 2.22. The van der Waals surface area contributed by atoms with Gasteiger partial charge >= 0.3 is 0 Å².